The van der Waals surface area contributed by atoms with Crippen LogP contribution in [0.2, 0.25) is 0 Å². The van der Waals surface area contributed by atoms with E-state index >= 15 is 0 Å². The summed E-state index contributed by atoms with van der Waals surface area (Å²) in [5.74, 6) is 7.18. The molecule has 3 aromatic rings. The van der Waals surface area contributed by atoms with Gasteiger partial charge in [0.15, 0.2) is 5.82 Å². The number of benzene rings is 1. The number of nitrogen functional groups attached to an aromatic ring is 1. The number of aromatic nitrogens is 3. The van der Waals surface area contributed by atoms with Crippen LogP contribution in [0.5, 0.6) is 5.75 Å². The number of allylic oxidation sites excluding steroid dienone is 1. The van der Waals surface area contributed by atoms with Crippen molar-refractivity contribution in [3.63, 3.8) is 0 Å². The predicted octanol–water partition coefficient (Wildman–Crippen LogP) is 4.04. The first kappa shape index (κ1) is 24.1. The topological polar surface area (TPSA) is 94.6 Å². The Hall–Kier alpha value is -4.25. The lowest BCUT2D eigenvalue weighted by molar-refractivity contribution is 0.322. The normalized spacial score (nSPS) is 20.8. The number of aromatic hydroxyl groups is 1. The van der Waals surface area contributed by atoms with E-state index in [4.69, 9.17) is 5.73 Å². The van der Waals surface area contributed by atoms with Crippen molar-refractivity contribution in [3.8, 4) is 28.8 Å². The fourth-order valence-corrected chi connectivity index (χ4v) is 6.00. The van der Waals surface area contributed by atoms with Gasteiger partial charge in [0.2, 0.25) is 0 Å². The average molecular weight is 508 g/mol. The Labute approximate surface area is 223 Å². The molecule has 2 bridgehead atoms. The maximum atomic E-state index is 10.3. The number of likely N-dealkylation sites (tertiary alicyclic amines) is 1. The van der Waals surface area contributed by atoms with Crippen LogP contribution in [-0.4, -0.2) is 63.5 Å². The minimum atomic E-state index is 0.180. The van der Waals surface area contributed by atoms with E-state index in [0.29, 0.717) is 35.7 Å². The summed E-state index contributed by atoms with van der Waals surface area (Å²) in [5.41, 5.74) is 11.6. The third kappa shape index (κ3) is 4.72. The molecule has 194 valence electrons. The number of fused-ring (bicyclic) bond motifs is 2. The number of para-hydroxylation sites is 1. The van der Waals surface area contributed by atoms with E-state index < -0.39 is 0 Å². The first-order valence-corrected chi connectivity index (χ1v) is 13.4. The number of hydrogen-bond acceptors (Lipinski definition) is 8. The average Bonchev–Trinajstić information content (AvgIpc) is 3.20. The van der Waals surface area contributed by atoms with E-state index in [2.05, 4.69) is 60.4 Å². The number of phenols is 1. The summed E-state index contributed by atoms with van der Waals surface area (Å²) >= 11 is 0. The minimum Gasteiger partial charge on any atom is -0.507 e. The smallest absolute Gasteiger partial charge is 0.169 e. The van der Waals surface area contributed by atoms with Gasteiger partial charge in [0.05, 0.1) is 17.9 Å². The van der Waals surface area contributed by atoms with Gasteiger partial charge in [-0.15, -0.1) is 10.2 Å². The molecular formula is C30H33N7O. The Balaban J connectivity index is 1.19. The van der Waals surface area contributed by atoms with Gasteiger partial charge in [0.1, 0.15) is 11.4 Å². The number of rotatable bonds is 4. The first-order valence-electron chi connectivity index (χ1n) is 13.4. The monoisotopic (exact) mass is 507 g/mol. The van der Waals surface area contributed by atoms with Crippen molar-refractivity contribution >= 4 is 17.2 Å². The van der Waals surface area contributed by atoms with Gasteiger partial charge < -0.3 is 25.5 Å². The molecule has 38 heavy (non-hydrogen) atoms. The van der Waals surface area contributed by atoms with Crippen molar-refractivity contribution in [1.29, 1.82) is 0 Å². The summed E-state index contributed by atoms with van der Waals surface area (Å²) in [6.45, 7) is 7.61. The van der Waals surface area contributed by atoms with Gasteiger partial charge in [-0.1, -0.05) is 24.6 Å². The van der Waals surface area contributed by atoms with Gasteiger partial charge in [-0.2, -0.15) is 0 Å². The molecule has 8 heteroatoms. The lowest BCUT2D eigenvalue weighted by Crippen LogP contribution is -2.54. The molecule has 3 aliphatic rings. The molecule has 1 aromatic carbocycles. The summed E-state index contributed by atoms with van der Waals surface area (Å²) in [7, 11) is 0. The van der Waals surface area contributed by atoms with Gasteiger partial charge in [-0.05, 0) is 68.4 Å². The second-order valence-corrected chi connectivity index (χ2v) is 10.4. The third-order valence-corrected chi connectivity index (χ3v) is 7.92. The first-order chi connectivity index (χ1) is 18.6. The number of nitrogens with two attached hydrogens (primary N) is 1. The Morgan fingerprint density at radius 2 is 1.87 bits per heavy atom. The van der Waals surface area contributed by atoms with Crippen LogP contribution in [0.15, 0.2) is 60.9 Å². The number of hydrogen-bond donors (Lipinski definition) is 2. The Morgan fingerprint density at radius 3 is 2.66 bits per heavy atom. The second kappa shape index (κ2) is 10.3. The summed E-state index contributed by atoms with van der Waals surface area (Å²) < 4.78 is 0. The van der Waals surface area contributed by atoms with Crippen LogP contribution in [-0.2, 0) is 0 Å². The van der Waals surface area contributed by atoms with Crippen molar-refractivity contribution < 1.29 is 5.11 Å². The number of nitrogens with zero attached hydrogens (tertiary/aromatic N) is 6. The zero-order chi connectivity index (χ0) is 26.1. The Bertz CT molecular complexity index is 1400. The van der Waals surface area contributed by atoms with Gasteiger partial charge in [0, 0.05) is 54.9 Å². The number of piperidine rings is 1. The van der Waals surface area contributed by atoms with Crippen LogP contribution in [0.4, 0.5) is 17.2 Å². The molecule has 0 amide bonds. The zero-order valence-electron chi connectivity index (χ0n) is 21.6. The summed E-state index contributed by atoms with van der Waals surface area (Å²) in [6.07, 6.45) is 7.61. The fourth-order valence-electron chi connectivity index (χ4n) is 6.00. The van der Waals surface area contributed by atoms with Crippen molar-refractivity contribution in [2.75, 3.05) is 41.7 Å². The number of pyridine rings is 1. The highest BCUT2D eigenvalue weighted by Gasteiger charge is 2.40. The molecule has 2 unspecified atom stereocenters. The molecule has 0 aliphatic carbocycles. The molecular weight excluding hydrogens is 474 g/mol. The summed E-state index contributed by atoms with van der Waals surface area (Å²) in [6, 6.07) is 14.0. The summed E-state index contributed by atoms with van der Waals surface area (Å²) in [5, 5.41) is 18.8. The highest BCUT2D eigenvalue weighted by atomic mass is 16.3. The predicted molar refractivity (Wildman–Crippen MR) is 151 cm³/mol. The molecule has 3 N–H and O–H groups in total. The van der Waals surface area contributed by atoms with E-state index in [9.17, 15) is 5.11 Å². The van der Waals surface area contributed by atoms with Gasteiger partial charge in [-0.25, -0.2) is 4.98 Å². The maximum absolute atomic E-state index is 10.3. The van der Waals surface area contributed by atoms with E-state index in [1.807, 2.05) is 24.4 Å². The fraction of sp³-hybridized carbons (Fsp3) is 0.367. The lowest BCUT2D eigenvalue weighted by Gasteiger charge is -2.43. The molecule has 0 spiro atoms. The molecule has 2 aromatic heterocycles. The van der Waals surface area contributed by atoms with E-state index in [0.717, 1.165) is 50.3 Å². The van der Waals surface area contributed by atoms with E-state index in [1.54, 1.807) is 12.1 Å². The van der Waals surface area contributed by atoms with Crippen LogP contribution in [0.3, 0.4) is 0 Å². The Morgan fingerprint density at radius 1 is 1.05 bits per heavy atom. The molecule has 2 atom stereocenters. The lowest BCUT2D eigenvalue weighted by atomic mass is 10.1. The molecule has 6 rings (SSSR count). The minimum absolute atomic E-state index is 0.180. The van der Waals surface area contributed by atoms with Crippen LogP contribution >= 0.6 is 0 Å². The molecule has 0 saturated carbocycles. The van der Waals surface area contributed by atoms with Gasteiger partial charge >= 0.3 is 0 Å². The van der Waals surface area contributed by atoms with Crippen molar-refractivity contribution in [3.05, 3.63) is 66.6 Å². The van der Waals surface area contributed by atoms with Crippen molar-refractivity contribution in [2.24, 2.45) is 0 Å². The highest BCUT2D eigenvalue weighted by molar-refractivity contribution is 5.74. The van der Waals surface area contributed by atoms with Gasteiger partial charge in [-0.3, -0.25) is 0 Å². The number of phenolic OH excluding ortho intramolecular Hbond substituents is 1. The Kier molecular flexibility index (Phi) is 6.50. The second-order valence-electron chi connectivity index (χ2n) is 10.4. The van der Waals surface area contributed by atoms with Crippen LogP contribution in [0, 0.1) is 11.8 Å². The number of anilines is 3. The van der Waals surface area contributed by atoms with Crippen LogP contribution < -0.4 is 15.5 Å². The van der Waals surface area contributed by atoms with Gasteiger partial charge in [0.25, 0.3) is 0 Å². The van der Waals surface area contributed by atoms with E-state index in [1.165, 1.54) is 24.2 Å². The molecule has 0 radical (unpaired) electrons. The van der Waals surface area contributed by atoms with Crippen LogP contribution in [0.1, 0.15) is 37.8 Å². The molecule has 5 heterocycles. The largest absolute Gasteiger partial charge is 0.507 e. The molecule has 3 fully saturated rings. The maximum Gasteiger partial charge on any atom is 0.169 e. The van der Waals surface area contributed by atoms with Crippen LogP contribution in [0.25, 0.3) is 11.3 Å². The SMILES string of the molecule is C=C1CCCCN1CC#Cc1cc(N2C3CCC2CN(c2cc(-c4ccccc4O)nnc2N)C3)ccn1. The van der Waals surface area contributed by atoms with E-state index in [-0.39, 0.29) is 5.75 Å². The molecule has 8 nitrogen and oxygen atoms in total. The van der Waals surface area contributed by atoms with Crippen molar-refractivity contribution in [2.45, 2.75) is 44.2 Å². The summed E-state index contributed by atoms with van der Waals surface area (Å²) in [4.78, 5) is 11.7. The van der Waals surface area contributed by atoms with Crippen molar-refractivity contribution in [1.82, 2.24) is 20.1 Å². The third-order valence-electron chi connectivity index (χ3n) is 7.92. The quantitative estimate of drug-likeness (QED) is 0.511. The molecule has 3 aliphatic heterocycles. The standard InChI is InChI=1S/C30H33N7O/c1-21-7-4-5-15-35(21)16-6-8-22-17-23(13-14-32-22)37-24-11-12-25(37)20-36(19-24)28-18-27(33-34-30(28)31)26-9-2-3-10-29(26)38/h2-3,9-10,13-14,17-18,24-25,38H,1,4-5,7,11-12,15-16,19-20H2,(H2,31,34). The zero-order valence-corrected chi connectivity index (χ0v) is 21.6. The molecule has 3 saturated heterocycles. The number of piperazine rings is 1. The highest BCUT2D eigenvalue weighted by Crippen LogP contribution is 2.39.